The SMILES string of the molecule is Cc1cc(C)n(-c2cc(Oc3ccc(NC(=O)CC4CC4)cc3)ncn2)n1. The number of anilines is 1. The summed E-state index contributed by atoms with van der Waals surface area (Å²) in [6, 6.07) is 11.0. The molecule has 3 aromatic rings. The summed E-state index contributed by atoms with van der Waals surface area (Å²) in [6.45, 7) is 3.91. The lowest BCUT2D eigenvalue weighted by molar-refractivity contribution is -0.116. The summed E-state index contributed by atoms with van der Waals surface area (Å²) in [6.07, 6.45) is 4.39. The Bertz CT molecular complexity index is 961. The second-order valence-corrected chi connectivity index (χ2v) is 6.88. The Labute approximate surface area is 157 Å². The number of ether oxygens (including phenoxy) is 1. The molecular weight excluding hydrogens is 342 g/mol. The third-order valence-electron chi connectivity index (χ3n) is 4.39. The molecule has 1 aliphatic rings. The quantitative estimate of drug-likeness (QED) is 0.720. The van der Waals surface area contributed by atoms with Gasteiger partial charge in [-0.1, -0.05) is 0 Å². The average Bonchev–Trinajstić information content (AvgIpc) is 3.38. The van der Waals surface area contributed by atoms with E-state index in [1.165, 1.54) is 19.2 Å². The van der Waals surface area contributed by atoms with E-state index in [0.29, 0.717) is 29.8 Å². The van der Waals surface area contributed by atoms with E-state index in [9.17, 15) is 4.79 Å². The van der Waals surface area contributed by atoms with Gasteiger partial charge in [0.15, 0.2) is 5.82 Å². The van der Waals surface area contributed by atoms with Gasteiger partial charge in [0, 0.05) is 23.9 Å². The highest BCUT2D eigenvalue weighted by Crippen LogP contribution is 2.32. The number of aromatic nitrogens is 4. The number of nitrogens with zero attached hydrogens (tertiary/aromatic N) is 4. The molecule has 4 rings (SSSR count). The summed E-state index contributed by atoms with van der Waals surface area (Å²) < 4.78 is 7.57. The molecule has 1 fully saturated rings. The molecule has 1 amide bonds. The fraction of sp³-hybridized carbons (Fsp3) is 0.300. The van der Waals surface area contributed by atoms with Crippen LogP contribution < -0.4 is 10.1 Å². The van der Waals surface area contributed by atoms with Gasteiger partial charge in [-0.3, -0.25) is 4.79 Å². The van der Waals surface area contributed by atoms with Gasteiger partial charge in [0.25, 0.3) is 0 Å². The van der Waals surface area contributed by atoms with Crippen molar-refractivity contribution in [3.8, 4) is 17.4 Å². The Kier molecular flexibility index (Phi) is 4.58. The summed E-state index contributed by atoms with van der Waals surface area (Å²) in [4.78, 5) is 20.3. The van der Waals surface area contributed by atoms with Crippen LogP contribution in [0.4, 0.5) is 5.69 Å². The van der Waals surface area contributed by atoms with Gasteiger partial charge < -0.3 is 10.1 Å². The first kappa shape index (κ1) is 17.2. The standard InChI is InChI=1S/C20H21N5O2/c1-13-9-14(2)25(24-13)18-11-20(22-12-21-18)27-17-7-5-16(6-8-17)23-19(26)10-15-3-4-15/h5-9,11-12,15H,3-4,10H2,1-2H3,(H,23,26). The summed E-state index contributed by atoms with van der Waals surface area (Å²) in [5.74, 6) is 2.35. The number of benzene rings is 1. The van der Waals surface area contributed by atoms with Gasteiger partial charge >= 0.3 is 0 Å². The minimum absolute atomic E-state index is 0.0662. The van der Waals surface area contributed by atoms with Crippen molar-refractivity contribution < 1.29 is 9.53 Å². The van der Waals surface area contributed by atoms with E-state index in [2.05, 4.69) is 20.4 Å². The minimum Gasteiger partial charge on any atom is -0.439 e. The molecule has 2 aromatic heterocycles. The minimum atomic E-state index is 0.0662. The van der Waals surface area contributed by atoms with E-state index in [1.807, 2.05) is 32.0 Å². The van der Waals surface area contributed by atoms with Crippen LogP contribution in [0.25, 0.3) is 5.82 Å². The van der Waals surface area contributed by atoms with E-state index in [1.54, 1.807) is 22.9 Å². The largest absolute Gasteiger partial charge is 0.439 e. The number of hydrogen-bond donors (Lipinski definition) is 1. The van der Waals surface area contributed by atoms with E-state index in [-0.39, 0.29) is 5.91 Å². The maximum absolute atomic E-state index is 11.9. The Balaban J connectivity index is 1.43. The molecule has 1 N–H and O–H groups in total. The van der Waals surface area contributed by atoms with Crippen LogP contribution in [0.1, 0.15) is 30.7 Å². The van der Waals surface area contributed by atoms with Gasteiger partial charge in [0.2, 0.25) is 11.8 Å². The molecule has 0 aliphatic heterocycles. The van der Waals surface area contributed by atoms with Crippen molar-refractivity contribution in [1.82, 2.24) is 19.7 Å². The van der Waals surface area contributed by atoms with Crippen molar-refractivity contribution in [2.75, 3.05) is 5.32 Å². The first-order valence-electron chi connectivity index (χ1n) is 9.00. The summed E-state index contributed by atoms with van der Waals surface area (Å²) in [7, 11) is 0. The van der Waals surface area contributed by atoms with Crippen molar-refractivity contribution in [2.24, 2.45) is 5.92 Å². The van der Waals surface area contributed by atoms with Crippen molar-refractivity contribution in [3.63, 3.8) is 0 Å². The van der Waals surface area contributed by atoms with Crippen LogP contribution >= 0.6 is 0 Å². The fourth-order valence-corrected chi connectivity index (χ4v) is 2.89. The Morgan fingerprint density at radius 3 is 2.63 bits per heavy atom. The molecule has 7 heteroatoms. The average molecular weight is 363 g/mol. The first-order chi connectivity index (χ1) is 13.1. The number of carbonyl (C=O) groups excluding carboxylic acids is 1. The monoisotopic (exact) mass is 363 g/mol. The van der Waals surface area contributed by atoms with E-state index < -0.39 is 0 Å². The topological polar surface area (TPSA) is 81.9 Å². The molecule has 27 heavy (non-hydrogen) atoms. The number of hydrogen-bond acceptors (Lipinski definition) is 5. The maximum atomic E-state index is 11.9. The fourth-order valence-electron chi connectivity index (χ4n) is 2.89. The van der Waals surface area contributed by atoms with E-state index >= 15 is 0 Å². The van der Waals surface area contributed by atoms with Crippen LogP contribution in [-0.4, -0.2) is 25.7 Å². The molecule has 2 heterocycles. The van der Waals surface area contributed by atoms with Gasteiger partial charge in [0.05, 0.1) is 5.69 Å². The summed E-state index contributed by atoms with van der Waals surface area (Å²) in [5, 5.41) is 7.33. The highest BCUT2D eigenvalue weighted by atomic mass is 16.5. The van der Waals surface area contributed by atoms with Crippen molar-refractivity contribution in [1.29, 1.82) is 0 Å². The molecule has 0 bridgehead atoms. The third kappa shape index (κ3) is 4.31. The number of amides is 1. The molecule has 0 saturated heterocycles. The van der Waals surface area contributed by atoms with Crippen LogP contribution in [0.15, 0.2) is 42.7 Å². The van der Waals surface area contributed by atoms with Gasteiger partial charge in [-0.2, -0.15) is 5.10 Å². The van der Waals surface area contributed by atoms with Crippen molar-refractivity contribution in [2.45, 2.75) is 33.1 Å². The lowest BCUT2D eigenvalue weighted by atomic mass is 10.2. The van der Waals surface area contributed by atoms with E-state index in [4.69, 9.17) is 4.74 Å². The molecule has 1 aromatic carbocycles. The van der Waals surface area contributed by atoms with Gasteiger partial charge in [-0.05, 0) is 62.9 Å². The Hall–Kier alpha value is -3.22. The van der Waals surface area contributed by atoms with Crippen LogP contribution in [-0.2, 0) is 4.79 Å². The zero-order chi connectivity index (χ0) is 18.8. The second-order valence-electron chi connectivity index (χ2n) is 6.88. The second kappa shape index (κ2) is 7.19. The summed E-state index contributed by atoms with van der Waals surface area (Å²) >= 11 is 0. The van der Waals surface area contributed by atoms with Crippen LogP contribution in [0.2, 0.25) is 0 Å². The van der Waals surface area contributed by atoms with Gasteiger partial charge in [0.1, 0.15) is 12.1 Å². The zero-order valence-corrected chi connectivity index (χ0v) is 15.3. The van der Waals surface area contributed by atoms with Gasteiger partial charge in [-0.25, -0.2) is 14.6 Å². The highest BCUT2D eigenvalue weighted by molar-refractivity contribution is 5.91. The Morgan fingerprint density at radius 2 is 1.96 bits per heavy atom. The summed E-state index contributed by atoms with van der Waals surface area (Å²) in [5.41, 5.74) is 2.68. The number of aryl methyl sites for hydroxylation is 2. The van der Waals surface area contributed by atoms with Crippen LogP contribution in [0, 0.1) is 19.8 Å². The zero-order valence-electron chi connectivity index (χ0n) is 15.3. The first-order valence-corrected chi connectivity index (χ1v) is 9.00. The molecular formula is C20H21N5O2. The lowest BCUT2D eigenvalue weighted by Crippen LogP contribution is -2.11. The molecule has 0 atom stereocenters. The van der Waals surface area contributed by atoms with Crippen molar-refractivity contribution in [3.05, 3.63) is 54.1 Å². The third-order valence-corrected chi connectivity index (χ3v) is 4.39. The smallest absolute Gasteiger partial charge is 0.224 e. The maximum Gasteiger partial charge on any atom is 0.224 e. The highest BCUT2D eigenvalue weighted by Gasteiger charge is 2.24. The van der Waals surface area contributed by atoms with Crippen molar-refractivity contribution >= 4 is 11.6 Å². The van der Waals surface area contributed by atoms with E-state index in [0.717, 1.165) is 17.1 Å². The molecule has 0 unspecified atom stereocenters. The number of rotatable bonds is 6. The molecule has 138 valence electrons. The molecule has 1 saturated carbocycles. The molecule has 7 nitrogen and oxygen atoms in total. The molecule has 0 radical (unpaired) electrons. The Morgan fingerprint density at radius 1 is 1.19 bits per heavy atom. The van der Waals surface area contributed by atoms with Crippen LogP contribution in [0.5, 0.6) is 11.6 Å². The molecule has 1 aliphatic carbocycles. The predicted molar refractivity (Wildman–Crippen MR) is 101 cm³/mol. The predicted octanol–water partition coefficient (Wildman–Crippen LogP) is 3.81. The normalized spacial score (nSPS) is 13.4. The van der Waals surface area contributed by atoms with Gasteiger partial charge in [-0.15, -0.1) is 0 Å². The van der Waals surface area contributed by atoms with Crippen LogP contribution in [0.3, 0.4) is 0 Å². The molecule has 0 spiro atoms. The number of carbonyl (C=O) groups is 1. The number of nitrogens with one attached hydrogen (secondary N) is 1. The lowest BCUT2D eigenvalue weighted by Gasteiger charge is -2.09.